The molecule has 0 heterocycles. The molecule has 0 unspecified atom stereocenters. The molecular formula is C13H17BrN2O. The van der Waals surface area contributed by atoms with E-state index < -0.39 is 0 Å². The first-order valence-corrected chi connectivity index (χ1v) is 6.64. The first kappa shape index (κ1) is 12.6. The fourth-order valence-corrected chi connectivity index (χ4v) is 2.26. The summed E-state index contributed by atoms with van der Waals surface area (Å²) < 4.78 is 1.00. The van der Waals surface area contributed by atoms with Crippen molar-refractivity contribution in [2.75, 3.05) is 13.1 Å². The first-order chi connectivity index (χ1) is 8.13. The fourth-order valence-electron chi connectivity index (χ4n) is 1.81. The van der Waals surface area contributed by atoms with E-state index in [-0.39, 0.29) is 11.3 Å². The molecule has 1 aliphatic rings. The lowest BCUT2D eigenvalue weighted by molar-refractivity contribution is -0.120. The molecule has 0 saturated heterocycles. The summed E-state index contributed by atoms with van der Waals surface area (Å²) in [6.45, 7) is 1.39. The van der Waals surface area contributed by atoms with Gasteiger partial charge in [0, 0.05) is 11.0 Å². The number of nitrogens with one attached hydrogen (secondary N) is 1. The summed E-state index contributed by atoms with van der Waals surface area (Å²) in [4.78, 5) is 11.7. The van der Waals surface area contributed by atoms with Crippen LogP contribution in [0.3, 0.4) is 0 Å². The zero-order valence-corrected chi connectivity index (χ0v) is 11.3. The van der Waals surface area contributed by atoms with Crippen LogP contribution in [0.15, 0.2) is 28.7 Å². The normalized spacial score (nSPS) is 16.6. The van der Waals surface area contributed by atoms with Gasteiger partial charge >= 0.3 is 0 Å². The topological polar surface area (TPSA) is 55.1 Å². The highest BCUT2D eigenvalue weighted by Crippen LogP contribution is 2.43. The molecule has 0 atom stereocenters. The Morgan fingerprint density at radius 3 is 2.82 bits per heavy atom. The van der Waals surface area contributed by atoms with Crippen LogP contribution >= 0.6 is 15.9 Å². The number of benzene rings is 1. The predicted octanol–water partition coefficient (Wildman–Crippen LogP) is 1.85. The molecule has 1 saturated carbocycles. The maximum Gasteiger partial charge on any atom is 0.224 e. The summed E-state index contributed by atoms with van der Waals surface area (Å²) in [5, 5.41) is 2.97. The molecule has 92 valence electrons. The van der Waals surface area contributed by atoms with Crippen LogP contribution < -0.4 is 11.1 Å². The van der Waals surface area contributed by atoms with Gasteiger partial charge in [0.2, 0.25) is 5.91 Å². The Kier molecular flexibility index (Phi) is 3.84. The van der Waals surface area contributed by atoms with Crippen LogP contribution in [0.2, 0.25) is 0 Å². The Labute approximate surface area is 110 Å². The Morgan fingerprint density at radius 1 is 1.47 bits per heavy atom. The second-order valence-electron chi connectivity index (χ2n) is 4.79. The lowest BCUT2D eigenvalue weighted by Gasteiger charge is -2.13. The largest absolute Gasteiger partial charge is 0.355 e. The van der Waals surface area contributed by atoms with Gasteiger partial charge < -0.3 is 11.1 Å². The second kappa shape index (κ2) is 5.19. The van der Waals surface area contributed by atoms with E-state index in [0.29, 0.717) is 13.0 Å². The highest BCUT2D eigenvalue weighted by molar-refractivity contribution is 9.10. The second-order valence-corrected chi connectivity index (χ2v) is 5.70. The van der Waals surface area contributed by atoms with Crippen molar-refractivity contribution in [2.45, 2.75) is 19.3 Å². The van der Waals surface area contributed by atoms with Gasteiger partial charge in [0.05, 0.1) is 6.42 Å². The SMILES string of the molecule is NCC1(CNC(=O)Cc2cccc(Br)c2)CC1. The number of halogens is 1. The lowest BCUT2D eigenvalue weighted by atomic mass is 10.1. The number of amides is 1. The van der Waals surface area contributed by atoms with E-state index in [1.807, 2.05) is 24.3 Å². The van der Waals surface area contributed by atoms with E-state index in [0.717, 1.165) is 29.4 Å². The number of nitrogens with two attached hydrogens (primary N) is 1. The molecule has 17 heavy (non-hydrogen) atoms. The van der Waals surface area contributed by atoms with Crippen LogP contribution in [0.25, 0.3) is 0 Å². The summed E-state index contributed by atoms with van der Waals surface area (Å²) in [5.41, 5.74) is 6.89. The van der Waals surface area contributed by atoms with E-state index in [1.54, 1.807) is 0 Å². The van der Waals surface area contributed by atoms with E-state index in [9.17, 15) is 4.79 Å². The standard InChI is InChI=1S/C13H17BrN2O/c14-11-3-1-2-10(6-11)7-12(17)16-9-13(8-15)4-5-13/h1-3,6H,4-5,7-9,15H2,(H,16,17). The van der Waals surface area contributed by atoms with Crippen LogP contribution in [0.1, 0.15) is 18.4 Å². The summed E-state index contributed by atoms with van der Waals surface area (Å²) in [5.74, 6) is 0.0721. The van der Waals surface area contributed by atoms with Gasteiger partial charge in [0.15, 0.2) is 0 Å². The molecule has 0 spiro atoms. The van der Waals surface area contributed by atoms with Crippen LogP contribution in [0.5, 0.6) is 0 Å². The highest BCUT2D eigenvalue weighted by atomic mass is 79.9. The molecular weight excluding hydrogens is 280 g/mol. The molecule has 1 fully saturated rings. The van der Waals surface area contributed by atoms with Crippen molar-refractivity contribution in [3.63, 3.8) is 0 Å². The Bertz CT molecular complexity index is 416. The van der Waals surface area contributed by atoms with Crippen LogP contribution in [-0.4, -0.2) is 19.0 Å². The third-order valence-electron chi connectivity index (χ3n) is 3.30. The van der Waals surface area contributed by atoms with Crippen LogP contribution in [-0.2, 0) is 11.2 Å². The fraction of sp³-hybridized carbons (Fsp3) is 0.462. The number of carbonyl (C=O) groups is 1. The van der Waals surface area contributed by atoms with Crippen molar-refractivity contribution in [3.8, 4) is 0 Å². The van der Waals surface area contributed by atoms with Crippen LogP contribution in [0, 0.1) is 5.41 Å². The van der Waals surface area contributed by atoms with Crippen LogP contribution in [0.4, 0.5) is 0 Å². The van der Waals surface area contributed by atoms with E-state index in [4.69, 9.17) is 5.73 Å². The van der Waals surface area contributed by atoms with Crippen molar-refractivity contribution in [3.05, 3.63) is 34.3 Å². The van der Waals surface area contributed by atoms with E-state index in [2.05, 4.69) is 21.2 Å². The van der Waals surface area contributed by atoms with Gasteiger partial charge in [-0.25, -0.2) is 0 Å². The Morgan fingerprint density at radius 2 is 2.24 bits per heavy atom. The zero-order chi connectivity index (χ0) is 12.3. The molecule has 2 rings (SSSR count). The van der Waals surface area contributed by atoms with Gasteiger partial charge in [-0.15, -0.1) is 0 Å². The minimum Gasteiger partial charge on any atom is -0.355 e. The van der Waals surface area contributed by atoms with Gasteiger partial charge in [0.1, 0.15) is 0 Å². The smallest absolute Gasteiger partial charge is 0.224 e. The number of rotatable bonds is 5. The molecule has 0 bridgehead atoms. The Balaban J connectivity index is 1.81. The molecule has 0 radical (unpaired) electrons. The number of carbonyl (C=O) groups excluding carboxylic acids is 1. The molecule has 1 aromatic rings. The summed E-state index contributed by atoms with van der Waals surface area (Å²) in [6, 6.07) is 7.82. The quantitative estimate of drug-likeness (QED) is 0.871. The van der Waals surface area contributed by atoms with E-state index in [1.165, 1.54) is 0 Å². The summed E-state index contributed by atoms with van der Waals surface area (Å²) >= 11 is 3.40. The molecule has 0 aromatic heterocycles. The van der Waals surface area contributed by atoms with Gasteiger partial charge in [0.25, 0.3) is 0 Å². The number of hydrogen-bond donors (Lipinski definition) is 2. The predicted molar refractivity (Wildman–Crippen MR) is 71.6 cm³/mol. The van der Waals surface area contributed by atoms with Crippen molar-refractivity contribution in [1.82, 2.24) is 5.32 Å². The van der Waals surface area contributed by atoms with Crippen molar-refractivity contribution >= 4 is 21.8 Å². The third kappa shape index (κ3) is 3.54. The van der Waals surface area contributed by atoms with Gasteiger partial charge in [-0.1, -0.05) is 28.1 Å². The van der Waals surface area contributed by atoms with E-state index >= 15 is 0 Å². The monoisotopic (exact) mass is 296 g/mol. The molecule has 1 amide bonds. The summed E-state index contributed by atoms with van der Waals surface area (Å²) in [7, 11) is 0. The first-order valence-electron chi connectivity index (χ1n) is 5.85. The molecule has 1 aliphatic carbocycles. The lowest BCUT2D eigenvalue weighted by Crippen LogP contribution is -2.34. The minimum absolute atomic E-state index is 0.0721. The zero-order valence-electron chi connectivity index (χ0n) is 9.71. The Hall–Kier alpha value is -0.870. The van der Waals surface area contributed by atoms with Gasteiger partial charge in [-0.05, 0) is 42.5 Å². The molecule has 1 aromatic carbocycles. The molecule has 3 N–H and O–H groups in total. The molecule has 4 heteroatoms. The minimum atomic E-state index is 0.0721. The average Bonchev–Trinajstić information content (AvgIpc) is 3.07. The molecule has 3 nitrogen and oxygen atoms in total. The highest BCUT2D eigenvalue weighted by Gasteiger charge is 2.41. The average molecular weight is 297 g/mol. The maximum atomic E-state index is 11.7. The number of hydrogen-bond acceptors (Lipinski definition) is 2. The van der Waals surface area contributed by atoms with Crippen molar-refractivity contribution in [2.24, 2.45) is 11.1 Å². The third-order valence-corrected chi connectivity index (χ3v) is 3.80. The van der Waals surface area contributed by atoms with Crippen molar-refractivity contribution in [1.29, 1.82) is 0 Å². The van der Waals surface area contributed by atoms with Gasteiger partial charge in [-0.2, -0.15) is 0 Å². The molecule has 0 aliphatic heterocycles. The van der Waals surface area contributed by atoms with Gasteiger partial charge in [-0.3, -0.25) is 4.79 Å². The van der Waals surface area contributed by atoms with Crippen molar-refractivity contribution < 1.29 is 4.79 Å². The maximum absolute atomic E-state index is 11.7. The summed E-state index contributed by atoms with van der Waals surface area (Å²) in [6.07, 6.45) is 2.71.